The van der Waals surface area contributed by atoms with E-state index in [1.807, 2.05) is 19.2 Å². The van der Waals surface area contributed by atoms with Crippen molar-refractivity contribution in [3.8, 4) is 0 Å². The Bertz CT molecular complexity index is 892. The molecule has 2 aromatic heterocycles. The van der Waals surface area contributed by atoms with Gasteiger partial charge in [0.25, 0.3) is 11.5 Å². The summed E-state index contributed by atoms with van der Waals surface area (Å²) in [6.07, 6.45) is 6.39. The first-order chi connectivity index (χ1) is 12.5. The number of aromatic amines is 1. The molecule has 0 bridgehead atoms. The number of pyridine rings is 1. The second-order valence-corrected chi connectivity index (χ2v) is 7.33. The summed E-state index contributed by atoms with van der Waals surface area (Å²) in [4.78, 5) is 36.9. The number of nitrogens with one attached hydrogen (secondary N) is 2. The van der Waals surface area contributed by atoms with Crippen molar-refractivity contribution in [2.75, 3.05) is 6.26 Å². The molecule has 0 fully saturated rings. The Labute approximate surface area is 157 Å². The molecule has 1 aliphatic rings. The van der Waals surface area contributed by atoms with E-state index in [2.05, 4.69) is 27.2 Å². The summed E-state index contributed by atoms with van der Waals surface area (Å²) < 4.78 is 0. The molecule has 0 atom stereocenters. The second kappa shape index (κ2) is 8.03. The van der Waals surface area contributed by atoms with Crippen LogP contribution in [0.2, 0.25) is 0 Å². The van der Waals surface area contributed by atoms with E-state index in [-0.39, 0.29) is 18.0 Å². The maximum Gasteiger partial charge on any atom is 0.270 e. The molecule has 0 spiro atoms. The number of hydrogen-bond donors (Lipinski definition) is 2. The minimum absolute atomic E-state index is 0.133. The highest BCUT2D eigenvalue weighted by atomic mass is 32.2. The van der Waals surface area contributed by atoms with Crippen molar-refractivity contribution in [1.82, 2.24) is 20.3 Å². The summed E-state index contributed by atoms with van der Waals surface area (Å²) in [6, 6.07) is 1.99. The lowest BCUT2D eigenvalue weighted by atomic mass is 10.0. The molecule has 0 saturated heterocycles. The summed E-state index contributed by atoms with van der Waals surface area (Å²) in [5, 5.41) is 3.52. The third kappa shape index (κ3) is 3.82. The number of carbonyl (C=O) groups excluding carboxylic acids is 1. The molecule has 6 nitrogen and oxygen atoms in total. The van der Waals surface area contributed by atoms with Gasteiger partial charge in [-0.15, -0.1) is 0 Å². The summed E-state index contributed by atoms with van der Waals surface area (Å²) in [5.74, 6) is -0.233. The molecule has 0 unspecified atom stereocenters. The highest BCUT2D eigenvalue weighted by Crippen LogP contribution is 2.25. The van der Waals surface area contributed by atoms with Crippen LogP contribution in [0, 0.1) is 6.92 Å². The molecular weight excluding hydrogens is 348 g/mol. The van der Waals surface area contributed by atoms with E-state index in [1.54, 1.807) is 0 Å². The second-order valence-electron chi connectivity index (χ2n) is 6.56. The molecule has 2 heterocycles. The fourth-order valence-corrected chi connectivity index (χ4v) is 3.80. The van der Waals surface area contributed by atoms with Crippen LogP contribution in [0.25, 0.3) is 0 Å². The average molecular weight is 372 g/mol. The number of rotatable bonds is 6. The third-order valence-corrected chi connectivity index (χ3v) is 5.17. The van der Waals surface area contributed by atoms with Crippen LogP contribution in [-0.4, -0.2) is 27.1 Å². The normalized spacial score (nSPS) is 12.9. The molecule has 2 N–H and O–H groups in total. The summed E-state index contributed by atoms with van der Waals surface area (Å²) in [7, 11) is 0. The van der Waals surface area contributed by atoms with E-state index in [0.717, 1.165) is 54.6 Å². The van der Waals surface area contributed by atoms with E-state index in [0.29, 0.717) is 16.4 Å². The molecule has 2 aromatic rings. The fraction of sp³-hybridized carbons (Fsp3) is 0.474. The zero-order chi connectivity index (χ0) is 18.7. The van der Waals surface area contributed by atoms with Gasteiger partial charge in [0, 0.05) is 29.1 Å². The lowest BCUT2D eigenvalue weighted by Gasteiger charge is -2.12. The number of carbonyl (C=O) groups is 1. The van der Waals surface area contributed by atoms with Crippen LogP contribution in [0.15, 0.2) is 16.0 Å². The van der Waals surface area contributed by atoms with E-state index in [9.17, 15) is 9.59 Å². The van der Waals surface area contributed by atoms with E-state index >= 15 is 0 Å². The van der Waals surface area contributed by atoms with Gasteiger partial charge in [0.1, 0.15) is 5.69 Å². The molecule has 0 aromatic carbocycles. The van der Waals surface area contributed by atoms with Crippen molar-refractivity contribution in [2.24, 2.45) is 0 Å². The average Bonchev–Trinajstić information content (AvgIpc) is 3.08. The van der Waals surface area contributed by atoms with Gasteiger partial charge in [-0.2, -0.15) is 0 Å². The van der Waals surface area contributed by atoms with Gasteiger partial charge in [-0.25, -0.2) is 9.97 Å². The molecule has 0 radical (unpaired) electrons. The lowest BCUT2D eigenvalue weighted by molar-refractivity contribution is 0.0943. The molecule has 1 amide bonds. The van der Waals surface area contributed by atoms with Gasteiger partial charge >= 0.3 is 0 Å². The van der Waals surface area contributed by atoms with Gasteiger partial charge in [0.15, 0.2) is 5.16 Å². The quantitative estimate of drug-likeness (QED) is 0.601. The minimum Gasteiger partial charge on any atom is -0.346 e. The van der Waals surface area contributed by atoms with Crippen LogP contribution in [0.4, 0.5) is 0 Å². The van der Waals surface area contributed by atoms with Crippen LogP contribution in [0.1, 0.15) is 58.3 Å². The van der Waals surface area contributed by atoms with E-state index < -0.39 is 0 Å². The van der Waals surface area contributed by atoms with Gasteiger partial charge in [0.2, 0.25) is 0 Å². The summed E-state index contributed by atoms with van der Waals surface area (Å²) in [5.41, 5.74) is 4.71. The first-order valence-corrected chi connectivity index (χ1v) is 10.2. The van der Waals surface area contributed by atoms with Crippen LogP contribution < -0.4 is 10.9 Å². The van der Waals surface area contributed by atoms with Gasteiger partial charge in [-0.3, -0.25) is 9.59 Å². The Morgan fingerprint density at radius 1 is 1.35 bits per heavy atom. The molecule has 0 saturated carbocycles. The monoisotopic (exact) mass is 372 g/mol. The Morgan fingerprint density at radius 2 is 2.15 bits per heavy atom. The standard InChI is InChI=1S/C19H24N4O2S/c1-4-6-12-9-11(2)21-17(24)14(12)10-20-18(25)16-13-7-5-8-15(13)22-19(23-16)26-3/h9H,4-8,10H2,1-3H3,(H,20,25)(H,21,24). The number of aryl methyl sites for hydroxylation is 3. The molecule has 3 rings (SSSR count). The van der Waals surface area contributed by atoms with Crippen LogP contribution in [0.5, 0.6) is 0 Å². The maximum atomic E-state index is 12.8. The fourth-order valence-electron chi connectivity index (χ4n) is 3.41. The number of amides is 1. The molecule has 7 heteroatoms. The Balaban J connectivity index is 1.85. The van der Waals surface area contributed by atoms with Crippen LogP contribution in [0.3, 0.4) is 0 Å². The summed E-state index contributed by atoms with van der Waals surface area (Å²) in [6.45, 7) is 4.15. The zero-order valence-corrected chi connectivity index (χ0v) is 16.3. The third-order valence-electron chi connectivity index (χ3n) is 4.62. The predicted octanol–water partition coefficient (Wildman–Crippen LogP) is 2.57. The highest BCUT2D eigenvalue weighted by Gasteiger charge is 2.23. The summed E-state index contributed by atoms with van der Waals surface area (Å²) >= 11 is 1.44. The molecule has 1 aliphatic carbocycles. The van der Waals surface area contributed by atoms with E-state index in [4.69, 9.17) is 0 Å². The van der Waals surface area contributed by atoms with Gasteiger partial charge in [-0.1, -0.05) is 25.1 Å². The van der Waals surface area contributed by atoms with Gasteiger partial charge < -0.3 is 10.3 Å². The van der Waals surface area contributed by atoms with Crippen molar-refractivity contribution in [3.05, 3.63) is 50.2 Å². The first-order valence-electron chi connectivity index (χ1n) is 8.97. The number of H-pyrrole nitrogens is 1. The maximum absolute atomic E-state index is 12.8. The molecule has 0 aliphatic heterocycles. The molecule has 26 heavy (non-hydrogen) atoms. The Hall–Kier alpha value is -2.15. The van der Waals surface area contributed by atoms with Crippen molar-refractivity contribution in [2.45, 2.75) is 57.7 Å². The van der Waals surface area contributed by atoms with Gasteiger partial charge in [-0.05, 0) is 50.5 Å². The van der Waals surface area contributed by atoms with Gasteiger partial charge in [0.05, 0.1) is 0 Å². The highest BCUT2D eigenvalue weighted by molar-refractivity contribution is 7.98. The number of fused-ring (bicyclic) bond motifs is 1. The lowest BCUT2D eigenvalue weighted by Crippen LogP contribution is -2.30. The number of nitrogens with zero attached hydrogens (tertiary/aromatic N) is 2. The molecular formula is C19H24N4O2S. The topological polar surface area (TPSA) is 87.7 Å². The first kappa shape index (κ1) is 18.6. The van der Waals surface area contributed by atoms with Crippen molar-refractivity contribution in [1.29, 1.82) is 0 Å². The van der Waals surface area contributed by atoms with Crippen LogP contribution in [-0.2, 0) is 25.8 Å². The largest absolute Gasteiger partial charge is 0.346 e. The predicted molar refractivity (Wildman–Crippen MR) is 103 cm³/mol. The Kier molecular flexibility index (Phi) is 5.76. The van der Waals surface area contributed by atoms with Crippen molar-refractivity contribution < 1.29 is 4.79 Å². The number of aromatic nitrogens is 3. The smallest absolute Gasteiger partial charge is 0.270 e. The molecule has 138 valence electrons. The van der Waals surface area contributed by atoms with E-state index in [1.165, 1.54) is 11.8 Å². The number of thioether (sulfide) groups is 1. The van der Waals surface area contributed by atoms with Crippen molar-refractivity contribution >= 4 is 17.7 Å². The minimum atomic E-state index is -0.233. The SMILES string of the molecule is CCCc1cc(C)[nH]c(=O)c1CNC(=O)c1nc(SC)nc2c1CCC2. The zero-order valence-electron chi connectivity index (χ0n) is 15.4. The van der Waals surface area contributed by atoms with Crippen molar-refractivity contribution in [3.63, 3.8) is 0 Å². The van der Waals surface area contributed by atoms with Crippen LogP contribution >= 0.6 is 11.8 Å². The number of hydrogen-bond acceptors (Lipinski definition) is 5. The Morgan fingerprint density at radius 3 is 2.88 bits per heavy atom.